The summed E-state index contributed by atoms with van der Waals surface area (Å²) in [6, 6.07) is 6.32. The quantitative estimate of drug-likeness (QED) is 0.488. The first-order valence-electron chi connectivity index (χ1n) is 12.3. The van der Waals surface area contributed by atoms with Crippen LogP contribution in [0.15, 0.2) is 41.0 Å². The van der Waals surface area contributed by atoms with Gasteiger partial charge in [-0.3, -0.25) is 4.79 Å². The van der Waals surface area contributed by atoms with E-state index in [0.29, 0.717) is 17.9 Å². The van der Waals surface area contributed by atoms with Gasteiger partial charge < -0.3 is 24.2 Å². The molecule has 1 aliphatic heterocycles. The number of aliphatic hydroxyl groups excluding tert-OH is 1. The van der Waals surface area contributed by atoms with Crippen LogP contribution in [0.2, 0.25) is 0 Å². The van der Waals surface area contributed by atoms with Crippen LogP contribution in [0.3, 0.4) is 0 Å². The van der Waals surface area contributed by atoms with Gasteiger partial charge in [0.05, 0.1) is 25.2 Å². The van der Waals surface area contributed by atoms with Crippen LogP contribution in [0.1, 0.15) is 45.4 Å². The average molecular weight is 511 g/mol. The van der Waals surface area contributed by atoms with Gasteiger partial charge in [0.1, 0.15) is 5.75 Å². The zero-order chi connectivity index (χ0) is 25.4. The highest BCUT2D eigenvalue weighted by atomic mass is 32.2. The maximum atomic E-state index is 13.1. The topological polar surface area (TPSA) is 106 Å². The zero-order valence-corrected chi connectivity index (χ0v) is 21.7. The summed E-state index contributed by atoms with van der Waals surface area (Å²) in [5.41, 5.74) is 0. The molecule has 196 valence electrons. The van der Waals surface area contributed by atoms with Crippen molar-refractivity contribution in [2.45, 2.75) is 62.7 Å². The van der Waals surface area contributed by atoms with E-state index in [1.165, 1.54) is 30.0 Å². The van der Waals surface area contributed by atoms with E-state index in [1.54, 1.807) is 17.0 Å². The Hall–Kier alpha value is -2.14. The monoisotopic (exact) mass is 510 g/mol. The van der Waals surface area contributed by atoms with Crippen molar-refractivity contribution in [1.82, 2.24) is 9.21 Å². The maximum absolute atomic E-state index is 13.1. The predicted molar refractivity (Wildman–Crippen MR) is 131 cm³/mol. The summed E-state index contributed by atoms with van der Waals surface area (Å²) in [5, 5.41) is 9.43. The summed E-state index contributed by atoms with van der Waals surface area (Å²) in [4.78, 5) is 14.9. The SMILES string of the molecule is COc1ccc(S(=O)(=O)N(CCO)CCO[C@@H]2C[C@H](C)C=C(C(=O)N(C)C3CCCCC3)O2)cc1. The van der Waals surface area contributed by atoms with E-state index in [-0.39, 0.29) is 49.1 Å². The summed E-state index contributed by atoms with van der Waals surface area (Å²) in [5.74, 6) is 0.794. The van der Waals surface area contributed by atoms with Crippen molar-refractivity contribution in [2.75, 3.05) is 40.5 Å². The molecule has 1 saturated carbocycles. The Balaban J connectivity index is 1.58. The highest BCUT2D eigenvalue weighted by Crippen LogP contribution is 2.27. The largest absolute Gasteiger partial charge is 0.497 e. The van der Waals surface area contributed by atoms with E-state index in [1.807, 2.05) is 20.0 Å². The molecular weight excluding hydrogens is 472 g/mol. The van der Waals surface area contributed by atoms with Crippen molar-refractivity contribution in [3.63, 3.8) is 0 Å². The number of carbonyl (C=O) groups excluding carboxylic acids is 1. The highest BCUT2D eigenvalue weighted by Gasteiger charge is 2.31. The molecule has 1 aromatic carbocycles. The summed E-state index contributed by atoms with van der Waals surface area (Å²) in [6.07, 6.45) is 7.26. The summed E-state index contributed by atoms with van der Waals surface area (Å²) in [6.45, 7) is 1.72. The first-order chi connectivity index (χ1) is 16.8. The number of likely N-dealkylation sites (N-methyl/N-ethyl adjacent to an activating group) is 1. The van der Waals surface area contributed by atoms with Crippen molar-refractivity contribution in [1.29, 1.82) is 0 Å². The Kier molecular flexibility index (Phi) is 9.97. The zero-order valence-electron chi connectivity index (χ0n) is 20.9. The lowest BCUT2D eigenvalue weighted by atomic mass is 9.94. The number of amides is 1. The van der Waals surface area contributed by atoms with E-state index in [4.69, 9.17) is 14.2 Å². The van der Waals surface area contributed by atoms with Crippen LogP contribution in [0.5, 0.6) is 5.75 Å². The third-order valence-corrected chi connectivity index (χ3v) is 8.52. The number of benzene rings is 1. The molecule has 3 rings (SSSR count). The van der Waals surface area contributed by atoms with Crippen molar-refractivity contribution >= 4 is 15.9 Å². The van der Waals surface area contributed by atoms with Gasteiger partial charge >= 0.3 is 0 Å². The molecule has 0 radical (unpaired) electrons. The second-order valence-electron chi connectivity index (χ2n) is 9.17. The molecule has 0 aromatic heterocycles. The number of allylic oxidation sites excluding steroid dienone is 1. The molecule has 1 amide bonds. The first-order valence-corrected chi connectivity index (χ1v) is 13.7. The van der Waals surface area contributed by atoms with Gasteiger partial charge in [-0.15, -0.1) is 0 Å². The standard InChI is InChI=1S/C25H38N2O7S/c1-19-17-23(25(29)26(2)20-7-5-4-6-8-20)34-24(18-19)33-16-14-27(13-15-28)35(30,31)22-11-9-21(32-3)10-12-22/h9-12,17,19-20,24,28H,4-8,13-16,18H2,1-3H3/t19-,24+/m1/s1. The molecule has 1 aromatic rings. The minimum Gasteiger partial charge on any atom is -0.497 e. The number of carbonyl (C=O) groups is 1. The van der Waals surface area contributed by atoms with Gasteiger partial charge in [-0.25, -0.2) is 8.42 Å². The number of hydrogen-bond donors (Lipinski definition) is 1. The van der Waals surface area contributed by atoms with Crippen LogP contribution >= 0.6 is 0 Å². The van der Waals surface area contributed by atoms with Gasteiger partial charge in [-0.2, -0.15) is 4.31 Å². The first kappa shape index (κ1) is 27.4. The summed E-state index contributed by atoms with van der Waals surface area (Å²) < 4.78 is 44.1. The normalized spacial score (nSPS) is 21.3. The molecule has 0 spiro atoms. The van der Waals surface area contributed by atoms with Crippen molar-refractivity contribution in [3.8, 4) is 5.75 Å². The molecule has 1 heterocycles. The van der Waals surface area contributed by atoms with Crippen LogP contribution in [0.25, 0.3) is 0 Å². The third-order valence-electron chi connectivity index (χ3n) is 6.60. The Morgan fingerprint density at radius 2 is 1.83 bits per heavy atom. The molecule has 35 heavy (non-hydrogen) atoms. The average Bonchev–Trinajstić information content (AvgIpc) is 2.87. The summed E-state index contributed by atoms with van der Waals surface area (Å²) in [7, 11) is -0.488. The van der Waals surface area contributed by atoms with E-state index >= 15 is 0 Å². The number of aliphatic hydroxyl groups is 1. The van der Waals surface area contributed by atoms with Crippen molar-refractivity contribution in [2.24, 2.45) is 5.92 Å². The number of sulfonamides is 1. The molecule has 0 unspecified atom stereocenters. The van der Waals surface area contributed by atoms with Gasteiger partial charge in [0.25, 0.3) is 5.91 Å². The van der Waals surface area contributed by atoms with Crippen LogP contribution in [0.4, 0.5) is 0 Å². The maximum Gasteiger partial charge on any atom is 0.288 e. The lowest BCUT2D eigenvalue weighted by Crippen LogP contribution is -2.41. The Morgan fingerprint density at radius 1 is 1.14 bits per heavy atom. The molecule has 1 fully saturated rings. The van der Waals surface area contributed by atoms with Crippen LogP contribution < -0.4 is 4.74 Å². The molecule has 1 aliphatic carbocycles. The lowest BCUT2D eigenvalue weighted by Gasteiger charge is -2.34. The van der Waals surface area contributed by atoms with Crippen LogP contribution in [-0.2, 0) is 24.3 Å². The minimum absolute atomic E-state index is 0.0398. The van der Waals surface area contributed by atoms with Crippen LogP contribution in [-0.4, -0.2) is 81.4 Å². The van der Waals surface area contributed by atoms with E-state index < -0.39 is 16.3 Å². The molecule has 2 atom stereocenters. The number of methoxy groups -OCH3 is 1. The highest BCUT2D eigenvalue weighted by molar-refractivity contribution is 7.89. The van der Waals surface area contributed by atoms with E-state index in [9.17, 15) is 18.3 Å². The van der Waals surface area contributed by atoms with E-state index in [2.05, 4.69) is 0 Å². The Labute approximate surface area is 208 Å². The minimum atomic E-state index is -3.83. The molecule has 10 heteroatoms. The van der Waals surface area contributed by atoms with Gasteiger partial charge in [-0.1, -0.05) is 26.2 Å². The molecule has 9 nitrogen and oxygen atoms in total. The second kappa shape index (κ2) is 12.7. The molecule has 1 N–H and O–H groups in total. The fraction of sp³-hybridized carbons (Fsp3) is 0.640. The van der Waals surface area contributed by atoms with E-state index in [0.717, 1.165) is 25.7 Å². The molecule has 2 aliphatic rings. The number of nitrogens with zero attached hydrogens (tertiary/aromatic N) is 2. The predicted octanol–water partition coefficient (Wildman–Crippen LogP) is 2.75. The third kappa shape index (κ3) is 7.19. The molecule has 0 bridgehead atoms. The van der Waals surface area contributed by atoms with Gasteiger partial charge in [-0.05, 0) is 49.1 Å². The fourth-order valence-electron chi connectivity index (χ4n) is 4.54. The number of ether oxygens (including phenoxy) is 3. The molecule has 0 saturated heterocycles. The summed E-state index contributed by atoms with van der Waals surface area (Å²) >= 11 is 0. The Morgan fingerprint density at radius 3 is 2.46 bits per heavy atom. The Bertz CT molecular complexity index is 959. The van der Waals surface area contributed by atoms with Gasteiger partial charge in [0, 0.05) is 32.6 Å². The fourth-order valence-corrected chi connectivity index (χ4v) is 5.95. The number of rotatable bonds is 11. The molecular formula is C25H38N2O7S. The van der Waals surface area contributed by atoms with Crippen LogP contribution in [0, 0.1) is 5.92 Å². The second-order valence-corrected chi connectivity index (χ2v) is 11.1. The number of hydrogen-bond acceptors (Lipinski definition) is 7. The smallest absolute Gasteiger partial charge is 0.288 e. The van der Waals surface area contributed by atoms with Gasteiger partial charge in [0.15, 0.2) is 5.76 Å². The van der Waals surface area contributed by atoms with Gasteiger partial charge in [0.2, 0.25) is 16.3 Å². The van der Waals surface area contributed by atoms with Crippen molar-refractivity contribution < 1.29 is 32.5 Å². The lowest BCUT2D eigenvalue weighted by molar-refractivity contribution is -0.155. The van der Waals surface area contributed by atoms with Crippen molar-refractivity contribution in [3.05, 3.63) is 36.1 Å².